The molecule has 2 aliphatic heterocycles. The zero-order chi connectivity index (χ0) is 37.4. The van der Waals surface area contributed by atoms with Crippen molar-refractivity contribution in [3.05, 3.63) is 54.1 Å². The molecule has 4 rings (SSSR count). The molecule has 51 heavy (non-hydrogen) atoms. The molecular weight excluding hydrogens is 701 g/mol. The van der Waals surface area contributed by atoms with E-state index in [9.17, 15) is 22.9 Å². The van der Waals surface area contributed by atoms with E-state index in [1.165, 1.54) is 18.4 Å². The van der Waals surface area contributed by atoms with Crippen LogP contribution in [0.25, 0.3) is 0 Å². The molecular formula is C35H56N3O11PS. The number of nitrogens with one attached hydrogen (secondary N) is 2. The molecule has 1 amide bonds. The maximum absolute atomic E-state index is 12.9. The summed E-state index contributed by atoms with van der Waals surface area (Å²) in [6.07, 6.45) is 2.12. The van der Waals surface area contributed by atoms with Gasteiger partial charge in [0.2, 0.25) is 0 Å². The van der Waals surface area contributed by atoms with Crippen LogP contribution in [0.1, 0.15) is 52.5 Å². The number of alkyl carbamates (subject to hydrolysis) is 1. The Kier molecular flexibility index (Phi) is 17.6. The second-order valence-corrected chi connectivity index (χ2v) is 16.5. The van der Waals surface area contributed by atoms with E-state index in [1.807, 2.05) is 12.1 Å². The van der Waals surface area contributed by atoms with Crippen LogP contribution in [-0.4, -0.2) is 96.3 Å². The summed E-state index contributed by atoms with van der Waals surface area (Å²) in [6.45, 7) is 10.3. The average molecular weight is 758 g/mol. The van der Waals surface area contributed by atoms with Gasteiger partial charge < -0.3 is 49.5 Å². The van der Waals surface area contributed by atoms with Crippen molar-refractivity contribution in [3.8, 4) is 5.75 Å². The number of benzene rings is 2. The molecule has 14 nitrogen and oxygen atoms in total. The van der Waals surface area contributed by atoms with E-state index in [-0.39, 0.29) is 37.9 Å². The molecule has 288 valence electrons. The number of aliphatic hydroxyl groups is 1. The Bertz CT molecular complexity index is 1470. The summed E-state index contributed by atoms with van der Waals surface area (Å²) in [5.41, 5.74) is 6.82. The van der Waals surface area contributed by atoms with Crippen molar-refractivity contribution in [2.24, 2.45) is 11.8 Å². The van der Waals surface area contributed by atoms with Crippen LogP contribution in [-0.2, 0) is 44.1 Å². The van der Waals surface area contributed by atoms with E-state index in [4.69, 9.17) is 33.7 Å². The molecule has 2 saturated heterocycles. The van der Waals surface area contributed by atoms with Crippen LogP contribution in [0, 0.1) is 11.8 Å². The molecule has 5 N–H and O–H groups in total. The third-order valence-corrected chi connectivity index (χ3v) is 11.6. The number of anilines is 1. The minimum Gasteiger partial charge on any atom is -0.481 e. The number of amides is 1. The molecule has 0 bridgehead atoms. The van der Waals surface area contributed by atoms with Gasteiger partial charge in [-0.1, -0.05) is 38.8 Å². The molecule has 5 atom stereocenters. The minimum atomic E-state index is -3.33. The number of aliphatic hydroxyl groups excluding tert-OH is 1. The second-order valence-electron chi connectivity index (χ2n) is 12.5. The minimum absolute atomic E-state index is 0.0316. The van der Waals surface area contributed by atoms with Gasteiger partial charge in [0, 0.05) is 18.5 Å². The van der Waals surface area contributed by atoms with Crippen molar-refractivity contribution in [1.29, 1.82) is 0 Å². The summed E-state index contributed by atoms with van der Waals surface area (Å²) in [4.78, 5) is 13.2. The molecule has 0 unspecified atom stereocenters. The van der Waals surface area contributed by atoms with Crippen molar-refractivity contribution in [2.45, 2.75) is 82.8 Å². The molecule has 2 heterocycles. The van der Waals surface area contributed by atoms with E-state index in [2.05, 4.69) is 24.5 Å². The number of rotatable bonds is 19. The van der Waals surface area contributed by atoms with Crippen molar-refractivity contribution < 1.29 is 50.9 Å². The van der Waals surface area contributed by atoms with Gasteiger partial charge >= 0.3 is 13.7 Å². The predicted octanol–water partition coefficient (Wildman–Crippen LogP) is 4.75. The van der Waals surface area contributed by atoms with Gasteiger partial charge in [-0.15, -0.1) is 0 Å². The van der Waals surface area contributed by atoms with E-state index in [0.717, 1.165) is 31.4 Å². The maximum Gasteiger partial charge on any atom is 0.407 e. The highest BCUT2D eigenvalue weighted by Crippen LogP contribution is 2.47. The Morgan fingerprint density at radius 1 is 1.00 bits per heavy atom. The highest BCUT2D eigenvalue weighted by atomic mass is 32.2. The van der Waals surface area contributed by atoms with Gasteiger partial charge in [0.15, 0.2) is 22.5 Å². The lowest BCUT2D eigenvalue weighted by atomic mass is 10.00. The Labute approximate surface area is 302 Å². The third kappa shape index (κ3) is 14.3. The zero-order valence-corrected chi connectivity index (χ0v) is 32.0. The second kappa shape index (κ2) is 21.1. The first-order valence-corrected chi connectivity index (χ1v) is 21.2. The number of sulfone groups is 1. The van der Waals surface area contributed by atoms with Gasteiger partial charge in [-0.2, -0.15) is 0 Å². The number of nitrogen functional groups attached to an aromatic ring is 1. The standard InChI is InChI=1S/C28H47N2O9P.C7H9NO2S/c1-5-20(6-2)16-29-17-25(31)24(30-28(32)39-26-18-35-27-23(26)13-14-34-27)15-21-9-11-22(12-10-21)36-19-40(33,37-7-3)38-8-4;1-11(9,10)7-4-2-6(8)3-5-7/h9-12,20,23-27,29,31H,5-8,13-19H2,1-4H3,(H,30,32);2-5H,8H2,1H3/t23-,24-,25+,26-,27+;/m0./s1. The van der Waals surface area contributed by atoms with Gasteiger partial charge in [0.25, 0.3) is 0 Å². The lowest BCUT2D eigenvalue weighted by Gasteiger charge is -2.26. The normalized spacial score (nSPS) is 19.9. The largest absolute Gasteiger partial charge is 0.481 e. The number of nitrogens with two attached hydrogens (primary N) is 1. The average Bonchev–Trinajstić information content (AvgIpc) is 3.72. The van der Waals surface area contributed by atoms with Gasteiger partial charge in [-0.25, -0.2) is 13.2 Å². The summed E-state index contributed by atoms with van der Waals surface area (Å²) in [7, 11) is -6.41. The molecule has 2 aromatic rings. The van der Waals surface area contributed by atoms with Gasteiger partial charge in [-0.05, 0) is 81.1 Å². The van der Waals surface area contributed by atoms with E-state index in [0.29, 0.717) is 48.4 Å². The van der Waals surface area contributed by atoms with Crippen molar-refractivity contribution in [3.63, 3.8) is 0 Å². The molecule has 0 aliphatic carbocycles. The molecule has 0 radical (unpaired) electrons. The van der Waals surface area contributed by atoms with Gasteiger partial charge in [0.1, 0.15) is 11.9 Å². The summed E-state index contributed by atoms with van der Waals surface area (Å²) in [6, 6.07) is 12.7. The van der Waals surface area contributed by atoms with Crippen LogP contribution in [0.4, 0.5) is 10.5 Å². The number of hydrogen-bond donors (Lipinski definition) is 4. The third-order valence-electron chi connectivity index (χ3n) is 8.68. The Morgan fingerprint density at radius 2 is 1.65 bits per heavy atom. The smallest absolute Gasteiger partial charge is 0.407 e. The molecule has 2 aliphatic rings. The number of carbonyl (C=O) groups excluding carboxylic acids is 1. The van der Waals surface area contributed by atoms with Crippen molar-refractivity contribution in [1.82, 2.24) is 10.6 Å². The number of ether oxygens (including phenoxy) is 4. The molecule has 0 saturated carbocycles. The Balaban J connectivity index is 0.000000542. The van der Waals surface area contributed by atoms with Gasteiger partial charge in [-0.3, -0.25) is 4.57 Å². The summed E-state index contributed by atoms with van der Waals surface area (Å²) < 4.78 is 67.5. The fourth-order valence-electron chi connectivity index (χ4n) is 5.66. The van der Waals surface area contributed by atoms with Crippen LogP contribution < -0.4 is 21.1 Å². The van der Waals surface area contributed by atoms with Crippen molar-refractivity contribution >= 4 is 29.2 Å². The summed E-state index contributed by atoms with van der Waals surface area (Å²) >= 11 is 0. The first kappa shape index (κ1) is 42.7. The first-order chi connectivity index (χ1) is 24.3. The predicted molar refractivity (Wildman–Crippen MR) is 194 cm³/mol. The Hall–Kier alpha value is -2.75. The topological polar surface area (TPSA) is 194 Å². The zero-order valence-electron chi connectivity index (χ0n) is 30.3. The fraction of sp³-hybridized carbons (Fsp3) is 0.629. The molecule has 0 spiro atoms. The number of carbonyl (C=O) groups is 1. The lowest BCUT2D eigenvalue weighted by Crippen LogP contribution is -2.50. The highest BCUT2D eigenvalue weighted by molar-refractivity contribution is 7.90. The summed E-state index contributed by atoms with van der Waals surface area (Å²) in [5, 5.41) is 17.3. The monoisotopic (exact) mass is 757 g/mol. The molecule has 2 aromatic carbocycles. The van der Waals surface area contributed by atoms with Crippen molar-refractivity contribution in [2.75, 3.05) is 57.9 Å². The van der Waals surface area contributed by atoms with Crippen LogP contribution in [0.5, 0.6) is 5.75 Å². The van der Waals surface area contributed by atoms with Crippen LogP contribution in [0.15, 0.2) is 53.4 Å². The van der Waals surface area contributed by atoms with E-state index >= 15 is 0 Å². The van der Waals surface area contributed by atoms with Crippen LogP contribution in [0.3, 0.4) is 0 Å². The Morgan fingerprint density at radius 3 is 2.24 bits per heavy atom. The number of fused-ring (bicyclic) bond motifs is 1. The lowest BCUT2D eigenvalue weighted by molar-refractivity contribution is -0.0907. The molecule has 16 heteroatoms. The first-order valence-electron chi connectivity index (χ1n) is 17.5. The fourth-order valence-corrected chi connectivity index (χ4v) is 7.61. The van der Waals surface area contributed by atoms with E-state index in [1.54, 1.807) is 38.1 Å². The molecule has 0 aromatic heterocycles. The highest BCUT2D eigenvalue weighted by Gasteiger charge is 2.44. The van der Waals surface area contributed by atoms with Crippen LogP contribution >= 0.6 is 7.60 Å². The maximum atomic E-state index is 12.9. The number of hydrogen-bond acceptors (Lipinski definition) is 13. The summed E-state index contributed by atoms with van der Waals surface area (Å²) in [5.74, 6) is 1.07. The quantitative estimate of drug-likeness (QED) is 0.113. The molecule has 2 fully saturated rings. The van der Waals surface area contributed by atoms with Crippen LogP contribution in [0.2, 0.25) is 0 Å². The SMILES string of the molecule is CCOP(=O)(COc1ccc(C[C@H](NC(=O)O[C@H]2CO[C@H]3OCC[C@H]32)[C@H](O)CNCC(CC)CC)cc1)OCC.CS(=O)(=O)c1ccc(N)cc1. The van der Waals surface area contributed by atoms with E-state index < -0.39 is 35.7 Å². The van der Waals surface area contributed by atoms with Gasteiger partial charge in [0.05, 0.1) is 49.4 Å².